The monoisotopic (exact) mass is 307 g/mol. The minimum absolute atomic E-state index is 0.601. The Morgan fingerprint density at radius 2 is 2.05 bits per heavy atom. The summed E-state index contributed by atoms with van der Waals surface area (Å²) >= 11 is 5.98. The summed E-state index contributed by atoms with van der Waals surface area (Å²) in [7, 11) is 0. The largest absolute Gasteiger partial charge is 0.389 e. The third-order valence-electron chi connectivity index (χ3n) is 3.11. The normalized spacial score (nSPS) is 11.8. The standard InChI is InChI=1S/C16H22ClN3O/c1-16(2,21)11-18-7-3-8-19-14-6-9-20-15-10-12(17)4-5-13(14)15/h4-6,9-10,18,21H,3,7-8,11H2,1-2H3,(H,19,20). The van der Waals surface area contributed by atoms with Crippen LogP contribution in [0.5, 0.6) is 0 Å². The zero-order chi connectivity index (χ0) is 15.3. The van der Waals surface area contributed by atoms with Crippen molar-refractivity contribution in [2.45, 2.75) is 25.9 Å². The van der Waals surface area contributed by atoms with Gasteiger partial charge in [0.25, 0.3) is 0 Å². The van der Waals surface area contributed by atoms with Crippen molar-refractivity contribution in [3.63, 3.8) is 0 Å². The highest BCUT2D eigenvalue weighted by molar-refractivity contribution is 6.31. The highest BCUT2D eigenvalue weighted by Crippen LogP contribution is 2.24. The molecule has 0 fully saturated rings. The lowest BCUT2D eigenvalue weighted by Crippen LogP contribution is -2.35. The molecule has 5 heteroatoms. The molecule has 21 heavy (non-hydrogen) atoms. The van der Waals surface area contributed by atoms with Gasteiger partial charge in [0.05, 0.1) is 11.1 Å². The van der Waals surface area contributed by atoms with Crippen LogP contribution in [0, 0.1) is 0 Å². The number of anilines is 1. The average molecular weight is 308 g/mol. The number of halogens is 1. The number of benzene rings is 1. The summed E-state index contributed by atoms with van der Waals surface area (Å²) in [6.07, 6.45) is 2.76. The van der Waals surface area contributed by atoms with Crippen LogP contribution in [0.2, 0.25) is 5.02 Å². The van der Waals surface area contributed by atoms with E-state index >= 15 is 0 Å². The van der Waals surface area contributed by atoms with Crippen molar-refractivity contribution in [1.29, 1.82) is 0 Å². The van der Waals surface area contributed by atoms with Crippen molar-refractivity contribution in [2.75, 3.05) is 25.0 Å². The number of pyridine rings is 1. The van der Waals surface area contributed by atoms with Crippen molar-refractivity contribution in [3.8, 4) is 0 Å². The predicted molar refractivity (Wildman–Crippen MR) is 89.0 cm³/mol. The van der Waals surface area contributed by atoms with E-state index in [-0.39, 0.29) is 0 Å². The van der Waals surface area contributed by atoms with Gasteiger partial charge in [-0.3, -0.25) is 4.98 Å². The van der Waals surface area contributed by atoms with Gasteiger partial charge in [0.1, 0.15) is 0 Å². The Morgan fingerprint density at radius 3 is 2.81 bits per heavy atom. The first kappa shape index (κ1) is 16.0. The lowest BCUT2D eigenvalue weighted by Gasteiger charge is -2.17. The molecule has 0 aliphatic carbocycles. The lowest BCUT2D eigenvalue weighted by molar-refractivity contribution is 0.0800. The number of rotatable bonds is 7. The van der Waals surface area contributed by atoms with Gasteiger partial charge in [0.2, 0.25) is 0 Å². The number of aliphatic hydroxyl groups is 1. The summed E-state index contributed by atoms with van der Waals surface area (Å²) in [5.41, 5.74) is 1.31. The number of hydrogen-bond acceptors (Lipinski definition) is 4. The van der Waals surface area contributed by atoms with Gasteiger partial charge in [-0.2, -0.15) is 0 Å². The molecule has 0 aliphatic heterocycles. The number of hydrogen-bond donors (Lipinski definition) is 3. The van der Waals surface area contributed by atoms with Crippen molar-refractivity contribution in [2.24, 2.45) is 0 Å². The van der Waals surface area contributed by atoms with Crippen LogP contribution >= 0.6 is 11.6 Å². The highest BCUT2D eigenvalue weighted by Gasteiger charge is 2.10. The molecule has 0 bridgehead atoms. The van der Waals surface area contributed by atoms with Crippen LogP contribution in [0.25, 0.3) is 10.9 Å². The molecule has 0 amide bonds. The molecule has 0 unspecified atom stereocenters. The summed E-state index contributed by atoms with van der Waals surface area (Å²) < 4.78 is 0. The van der Waals surface area contributed by atoms with E-state index < -0.39 is 5.60 Å². The molecule has 0 aliphatic rings. The lowest BCUT2D eigenvalue weighted by atomic mass is 10.1. The van der Waals surface area contributed by atoms with Gasteiger partial charge in [-0.15, -0.1) is 0 Å². The zero-order valence-electron chi connectivity index (χ0n) is 12.5. The molecule has 1 aromatic carbocycles. The van der Waals surface area contributed by atoms with E-state index in [1.54, 1.807) is 20.0 Å². The Morgan fingerprint density at radius 1 is 1.24 bits per heavy atom. The molecule has 4 nitrogen and oxygen atoms in total. The third-order valence-corrected chi connectivity index (χ3v) is 3.34. The van der Waals surface area contributed by atoms with E-state index in [2.05, 4.69) is 15.6 Å². The molecule has 0 spiro atoms. The van der Waals surface area contributed by atoms with Crippen molar-refractivity contribution in [1.82, 2.24) is 10.3 Å². The second-order valence-electron chi connectivity index (χ2n) is 5.79. The van der Waals surface area contributed by atoms with Crippen LogP contribution in [0.1, 0.15) is 20.3 Å². The molecule has 3 N–H and O–H groups in total. The Labute approximate surface area is 130 Å². The SMILES string of the molecule is CC(C)(O)CNCCCNc1ccnc2cc(Cl)ccc12. The first-order chi connectivity index (χ1) is 9.96. The number of nitrogens with zero attached hydrogens (tertiary/aromatic N) is 1. The molecule has 0 saturated carbocycles. The van der Waals surface area contributed by atoms with Crippen LogP contribution in [0.15, 0.2) is 30.5 Å². The van der Waals surface area contributed by atoms with E-state index in [1.165, 1.54) is 0 Å². The zero-order valence-corrected chi connectivity index (χ0v) is 13.2. The van der Waals surface area contributed by atoms with Gasteiger partial charge in [-0.1, -0.05) is 11.6 Å². The van der Waals surface area contributed by atoms with Crippen LogP contribution in [-0.2, 0) is 0 Å². The number of aromatic nitrogens is 1. The minimum atomic E-state index is -0.659. The topological polar surface area (TPSA) is 57.2 Å². The first-order valence-corrected chi connectivity index (χ1v) is 7.55. The molecule has 0 atom stereocenters. The number of fused-ring (bicyclic) bond motifs is 1. The maximum atomic E-state index is 9.60. The summed E-state index contributed by atoms with van der Waals surface area (Å²) in [4.78, 5) is 4.32. The Bertz CT molecular complexity index is 596. The van der Waals surface area contributed by atoms with Crippen molar-refractivity contribution >= 4 is 28.2 Å². The van der Waals surface area contributed by atoms with Gasteiger partial charge >= 0.3 is 0 Å². The van der Waals surface area contributed by atoms with Gasteiger partial charge in [-0.25, -0.2) is 0 Å². The van der Waals surface area contributed by atoms with Gasteiger partial charge < -0.3 is 15.7 Å². The quantitative estimate of drug-likeness (QED) is 0.688. The Kier molecular flexibility index (Phi) is 5.39. The molecule has 114 valence electrons. The molecule has 2 aromatic rings. The second-order valence-corrected chi connectivity index (χ2v) is 6.23. The van der Waals surface area contributed by atoms with Crippen LogP contribution < -0.4 is 10.6 Å². The second kappa shape index (κ2) is 7.07. The molecule has 1 aromatic heterocycles. The molecule has 2 rings (SSSR count). The summed E-state index contributed by atoms with van der Waals surface area (Å²) in [6, 6.07) is 7.70. The van der Waals surface area contributed by atoms with Gasteiger partial charge in [0, 0.05) is 35.4 Å². The Hall–Kier alpha value is -1.36. The van der Waals surface area contributed by atoms with Crippen molar-refractivity contribution in [3.05, 3.63) is 35.5 Å². The first-order valence-electron chi connectivity index (χ1n) is 7.17. The smallest absolute Gasteiger partial charge is 0.0737 e. The molecule has 0 saturated heterocycles. The third kappa shape index (κ3) is 5.16. The molecule has 0 radical (unpaired) electrons. The highest BCUT2D eigenvalue weighted by atomic mass is 35.5. The molecule has 1 heterocycles. The summed E-state index contributed by atoms with van der Waals surface area (Å²) in [6.45, 7) is 5.93. The van der Waals surface area contributed by atoms with E-state index in [9.17, 15) is 5.11 Å². The van der Waals surface area contributed by atoms with E-state index in [1.807, 2.05) is 24.3 Å². The maximum absolute atomic E-state index is 9.60. The van der Waals surface area contributed by atoms with E-state index in [0.29, 0.717) is 11.6 Å². The van der Waals surface area contributed by atoms with E-state index in [0.717, 1.165) is 36.1 Å². The number of nitrogens with one attached hydrogen (secondary N) is 2. The molecular formula is C16H22ClN3O. The fourth-order valence-electron chi connectivity index (χ4n) is 2.11. The summed E-state index contributed by atoms with van der Waals surface area (Å²) in [5.74, 6) is 0. The Balaban J connectivity index is 1.84. The van der Waals surface area contributed by atoms with Gasteiger partial charge in [0.15, 0.2) is 0 Å². The average Bonchev–Trinajstić information content (AvgIpc) is 2.41. The minimum Gasteiger partial charge on any atom is -0.389 e. The fraction of sp³-hybridized carbons (Fsp3) is 0.438. The van der Waals surface area contributed by atoms with E-state index in [4.69, 9.17) is 11.6 Å². The predicted octanol–water partition coefficient (Wildman–Crippen LogP) is 3.05. The maximum Gasteiger partial charge on any atom is 0.0737 e. The summed E-state index contributed by atoms with van der Waals surface area (Å²) in [5, 5.41) is 18.0. The molecular weight excluding hydrogens is 286 g/mol. The van der Waals surface area contributed by atoms with Crippen LogP contribution in [0.4, 0.5) is 5.69 Å². The van der Waals surface area contributed by atoms with Crippen molar-refractivity contribution < 1.29 is 5.11 Å². The van der Waals surface area contributed by atoms with Crippen LogP contribution in [-0.4, -0.2) is 35.3 Å². The van der Waals surface area contributed by atoms with Gasteiger partial charge in [-0.05, 0) is 51.1 Å². The van der Waals surface area contributed by atoms with Crippen LogP contribution in [0.3, 0.4) is 0 Å². The fourth-order valence-corrected chi connectivity index (χ4v) is 2.27.